The molecule has 0 atom stereocenters. The minimum atomic E-state index is 0.740. The molecule has 0 spiro atoms. The van der Waals surface area contributed by atoms with E-state index in [0.717, 1.165) is 31.8 Å². The quantitative estimate of drug-likeness (QED) is 0.701. The van der Waals surface area contributed by atoms with Crippen LogP contribution in [-0.2, 0) is 6.54 Å². The summed E-state index contributed by atoms with van der Waals surface area (Å²) in [5.41, 5.74) is 3.48. The Balaban J connectivity index is 2.13. The lowest BCUT2D eigenvalue weighted by atomic mass is 10.2. The highest BCUT2D eigenvalue weighted by atomic mass is 79.9. The lowest BCUT2D eigenvalue weighted by Gasteiger charge is -2.11. The normalized spacial score (nSPS) is 10.4. The van der Waals surface area contributed by atoms with Gasteiger partial charge >= 0.3 is 0 Å². The minimum absolute atomic E-state index is 0.740. The molecule has 94 valence electrons. The predicted molar refractivity (Wildman–Crippen MR) is 85.4 cm³/mol. The molecule has 2 rings (SSSR count). The number of anilines is 1. The maximum absolute atomic E-state index is 6.00. The van der Waals surface area contributed by atoms with Gasteiger partial charge in [-0.15, -0.1) is 0 Å². The van der Waals surface area contributed by atoms with Crippen LogP contribution in [0.15, 0.2) is 45.3 Å². The van der Waals surface area contributed by atoms with Gasteiger partial charge in [0, 0.05) is 26.2 Å². The van der Waals surface area contributed by atoms with E-state index in [1.807, 2.05) is 24.3 Å². The van der Waals surface area contributed by atoms with Crippen molar-refractivity contribution >= 4 is 49.1 Å². The number of hydrogen-bond donors (Lipinski definition) is 1. The minimum Gasteiger partial charge on any atom is -0.381 e. The third kappa shape index (κ3) is 3.50. The van der Waals surface area contributed by atoms with Gasteiger partial charge in [0.25, 0.3) is 0 Å². The van der Waals surface area contributed by atoms with Crippen molar-refractivity contribution in [1.29, 1.82) is 0 Å². The second kappa shape index (κ2) is 6.09. The van der Waals surface area contributed by atoms with Gasteiger partial charge in [0.05, 0.1) is 0 Å². The average Bonchev–Trinajstić information content (AvgIpc) is 2.32. The Hall–Kier alpha value is -0.510. The second-order valence-corrected chi connectivity index (χ2v) is 6.25. The number of hydrogen-bond acceptors (Lipinski definition) is 1. The van der Waals surface area contributed by atoms with Crippen LogP contribution in [-0.4, -0.2) is 0 Å². The van der Waals surface area contributed by atoms with E-state index in [9.17, 15) is 0 Å². The summed E-state index contributed by atoms with van der Waals surface area (Å²) in [6, 6.07) is 12.0. The molecule has 2 aromatic carbocycles. The van der Waals surface area contributed by atoms with Gasteiger partial charge in [0.1, 0.15) is 0 Å². The van der Waals surface area contributed by atoms with E-state index in [4.69, 9.17) is 11.6 Å². The van der Waals surface area contributed by atoms with Gasteiger partial charge in [0.2, 0.25) is 0 Å². The molecule has 0 heterocycles. The van der Waals surface area contributed by atoms with Gasteiger partial charge in [-0.2, -0.15) is 0 Å². The summed E-state index contributed by atoms with van der Waals surface area (Å²) in [6.45, 7) is 2.82. The largest absolute Gasteiger partial charge is 0.381 e. The first-order chi connectivity index (χ1) is 8.56. The van der Waals surface area contributed by atoms with Gasteiger partial charge in [-0.05, 0) is 54.4 Å². The number of rotatable bonds is 3. The number of nitrogens with one attached hydrogen (secondary N) is 1. The molecule has 0 saturated carbocycles. The van der Waals surface area contributed by atoms with Crippen LogP contribution in [0, 0.1) is 6.92 Å². The molecule has 0 bridgehead atoms. The highest BCUT2D eigenvalue weighted by Gasteiger charge is 2.03. The highest BCUT2D eigenvalue weighted by molar-refractivity contribution is 9.10. The fourth-order valence-corrected chi connectivity index (χ4v) is 2.75. The predicted octanol–water partition coefficient (Wildman–Crippen LogP) is 5.79. The molecule has 1 N–H and O–H groups in total. The molecule has 0 saturated heterocycles. The van der Waals surface area contributed by atoms with Crippen molar-refractivity contribution in [2.45, 2.75) is 13.5 Å². The fraction of sp³-hybridized carbons (Fsp3) is 0.143. The average molecular weight is 390 g/mol. The van der Waals surface area contributed by atoms with Crippen LogP contribution < -0.4 is 5.32 Å². The zero-order valence-corrected chi connectivity index (χ0v) is 13.7. The second-order valence-electron chi connectivity index (χ2n) is 4.05. The summed E-state index contributed by atoms with van der Waals surface area (Å²) in [6.07, 6.45) is 0. The molecular formula is C14H12Br2ClN. The molecule has 0 aliphatic rings. The van der Waals surface area contributed by atoms with Crippen LogP contribution in [0.1, 0.15) is 11.1 Å². The van der Waals surface area contributed by atoms with E-state index in [2.05, 4.69) is 56.2 Å². The molecule has 0 radical (unpaired) electrons. The number of halogens is 3. The standard InChI is InChI=1S/C14H12Br2ClN/c1-9-6-11(15)2-5-14(9)18-8-10-7-12(17)3-4-13(10)16/h2-7,18H,8H2,1H3. The zero-order valence-electron chi connectivity index (χ0n) is 9.81. The van der Waals surface area contributed by atoms with Crippen LogP contribution in [0.25, 0.3) is 0 Å². The molecule has 0 fully saturated rings. The number of aryl methyl sites for hydroxylation is 1. The van der Waals surface area contributed by atoms with E-state index < -0.39 is 0 Å². The first-order valence-corrected chi connectivity index (χ1v) is 7.46. The van der Waals surface area contributed by atoms with Crippen LogP contribution in [0.4, 0.5) is 5.69 Å². The highest BCUT2D eigenvalue weighted by Crippen LogP contribution is 2.24. The summed E-state index contributed by atoms with van der Waals surface area (Å²) in [5, 5.41) is 4.17. The van der Waals surface area contributed by atoms with Crippen LogP contribution in [0.3, 0.4) is 0 Å². The third-order valence-electron chi connectivity index (χ3n) is 2.67. The van der Waals surface area contributed by atoms with E-state index >= 15 is 0 Å². The summed E-state index contributed by atoms with van der Waals surface area (Å²) in [5.74, 6) is 0. The van der Waals surface area contributed by atoms with E-state index in [0.29, 0.717) is 0 Å². The van der Waals surface area contributed by atoms with Crippen LogP contribution >= 0.6 is 43.5 Å². The van der Waals surface area contributed by atoms with E-state index in [1.54, 1.807) is 0 Å². The first kappa shape index (κ1) is 13.9. The van der Waals surface area contributed by atoms with Gasteiger partial charge < -0.3 is 5.32 Å². The maximum Gasteiger partial charge on any atom is 0.0412 e. The maximum atomic E-state index is 6.00. The van der Waals surface area contributed by atoms with E-state index in [1.165, 1.54) is 5.56 Å². The smallest absolute Gasteiger partial charge is 0.0412 e. The molecular weight excluding hydrogens is 377 g/mol. The Kier molecular flexibility index (Phi) is 4.71. The topological polar surface area (TPSA) is 12.0 Å². The molecule has 0 unspecified atom stereocenters. The van der Waals surface area contributed by atoms with Crippen molar-refractivity contribution < 1.29 is 0 Å². The molecule has 18 heavy (non-hydrogen) atoms. The molecule has 1 nitrogen and oxygen atoms in total. The van der Waals surface area contributed by atoms with Gasteiger partial charge in [0.15, 0.2) is 0 Å². The summed E-state index contributed by atoms with van der Waals surface area (Å²) < 4.78 is 2.16. The monoisotopic (exact) mass is 387 g/mol. The molecule has 0 aliphatic carbocycles. The van der Waals surface area contributed by atoms with Crippen LogP contribution in [0.2, 0.25) is 5.02 Å². The molecule has 4 heteroatoms. The third-order valence-corrected chi connectivity index (χ3v) is 4.17. The van der Waals surface area contributed by atoms with Crippen molar-refractivity contribution in [1.82, 2.24) is 0 Å². The Labute approximate surface area is 129 Å². The SMILES string of the molecule is Cc1cc(Br)ccc1NCc1cc(Cl)ccc1Br. The van der Waals surface area contributed by atoms with Crippen molar-refractivity contribution in [2.75, 3.05) is 5.32 Å². The van der Waals surface area contributed by atoms with Crippen molar-refractivity contribution in [3.05, 3.63) is 61.5 Å². The van der Waals surface area contributed by atoms with Gasteiger partial charge in [-0.25, -0.2) is 0 Å². The Bertz CT molecular complexity index is 570. The van der Waals surface area contributed by atoms with Gasteiger partial charge in [-0.1, -0.05) is 43.5 Å². The Morgan fingerprint density at radius 2 is 1.89 bits per heavy atom. The zero-order chi connectivity index (χ0) is 13.1. The lowest BCUT2D eigenvalue weighted by molar-refractivity contribution is 1.13. The van der Waals surface area contributed by atoms with Crippen molar-refractivity contribution in [3.63, 3.8) is 0 Å². The summed E-state index contributed by atoms with van der Waals surface area (Å²) in [7, 11) is 0. The van der Waals surface area contributed by atoms with Gasteiger partial charge in [-0.3, -0.25) is 0 Å². The molecule has 0 aliphatic heterocycles. The number of benzene rings is 2. The first-order valence-electron chi connectivity index (χ1n) is 5.50. The lowest BCUT2D eigenvalue weighted by Crippen LogP contribution is -2.01. The van der Waals surface area contributed by atoms with Crippen molar-refractivity contribution in [3.8, 4) is 0 Å². The Morgan fingerprint density at radius 1 is 1.11 bits per heavy atom. The van der Waals surface area contributed by atoms with Crippen LogP contribution in [0.5, 0.6) is 0 Å². The molecule has 2 aromatic rings. The van der Waals surface area contributed by atoms with Crippen molar-refractivity contribution in [2.24, 2.45) is 0 Å². The van der Waals surface area contributed by atoms with E-state index in [-0.39, 0.29) is 0 Å². The summed E-state index contributed by atoms with van der Waals surface area (Å²) in [4.78, 5) is 0. The molecule has 0 amide bonds. The summed E-state index contributed by atoms with van der Waals surface area (Å²) >= 11 is 13.0. The molecule has 0 aromatic heterocycles. The fourth-order valence-electron chi connectivity index (χ4n) is 1.69. The Morgan fingerprint density at radius 3 is 2.61 bits per heavy atom.